The first-order chi connectivity index (χ1) is 11.5. The van der Waals surface area contributed by atoms with Crippen molar-refractivity contribution in [3.8, 4) is 0 Å². The number of nitrogens with zero attached hydrogens (tertiary/aromatic N) is 4. The molecule has 7 nitrogen and oxygen atoms in total. The fraction of sp³-hybridized carbons (Fsp3) is 0.412. The fourth-order valence-corrected chi connectivity index (χ4v) is 2.41. The minimum absolute atomic E-state index is 0.0908. The van der Waals surface area contributed by atoms with Gasteiger partial charge in [0.25, 0.3) is 0 Å². The van der Waals surface area contributed by atoms with Crippen molar-refractivity contribution in [1.82, 2.24) is 9.97 Å². The quantitative estimate of drug-likeness (QED) is 0.582. The monoisotopic (exact) mass is 329 g/mol. The zero-order valence-electron chi connectivity index (χ0n) is 14.3. The number of nitro groups is 1. The Hall–Kier alpha value is -2.70. The Balaban J connectivity index is 2.40. The van der Waals surface area contributed by atoms with E-state index >= 15 is 0 Å². The van der Waals surface area contributed by atoms with Gasteiger partial charge in [0.1, 0.15) is 6.33 Å². The summed E-state index contributed by atoms with van der Waals surface area (Å²) in [6.07, 6.45) is 2.28. The highest BCUT2D eigenvalue weighted by Crippen LogP contribution is 2.35. The van der Waals surface area contributed by atoms with Gasteiger partial charge in [-0.05, 0) is 31.4 Å². The number of hydrogen-bond acceptors (Lipinski definition) is 6. The van der Waals surface area contributed by atoms with E-state index in [1.54, 1.807) is 0 Å². The highest BCUT2D eigenvalue weighted by Gasteiger charge is 2.27. The van der Waals surface area contributed by atoms with Gasteiger partial charge in [0.2, 0.25) is 11.6 Å². The van der Waals surface area contributed by atoms with Gasteiger partial charge in [-0.3, -0.25) is 10.1 Å². The Morgan fingerprint density at radius 3 is 2.54 bits per heavy atom. The molecule has 0 unspecified atom stereocenters. The third kappa shape index (κ3) is 4.18. The van der Waals surface area contributed by atoms with Crippen molar-refractivity contribution in [3.05, 3.63) is 46.8 Å². The molecule has 0 bridgehead atoms. The predicted molar refractivity (Wildman–Crippen MR) is 95.8 cm³/mol. The first kappa shape index (κ1) is 17.7. The van der Waals surface area contributed by atoms with Gasteiger partial charge in [0.15, 0.2) is 0 Å². The summed E-state index contributed by atoms with van der Waals surface area (Å²) in [4.78, 5) is 21.3. The van der Waals surface area contributed by atoms with Gasteiger partial charge in [-0.2, -0.15) is 0 Å². The topological polar surface area (TPSA) is 84.2 Å². The molecule has 0 fully saturated rings. The molecule has 0 aliphatic heterocycles. The lowest BCUT2D eigenvalue weighted by atomic mass is 10.1. The first-order valence-electron chi connectivity index (χ1n) is 8.10. The van der Waals surface area contributed by atoms with E-state index in [1.165, 1.54) is 6.33 Å². The van der Waals surface area contributed by atoms with Crippen LogP contribution >= 0.6 is 0 Å². The van der Waals surface area contributed by atoms with E-state index in [0.717, 1.165) is 12.1 Å². The van der Waals surface area contributed by atoms with Crippen LogP contribution in [0.1, 0.15) is 27.2 Å². The summed E-state index contributed by atoms with van der Waals surface area (Å²) in [6.45, 7) is 7.34. The van der Waals surface area contributed by atoms with E-state index in [9.17, 15) is 10.1 Å². The van der Waals surface area contributed by atoms with Crippen molar-refractivity contribution < 1.29 is 4.92 Å². The molecule has 2 rings (SSSR count). The van der Waals surface area contributed by atoms with Gasteiger partial charge in [0, 0.05) is 18.8 Å². The van der Waals surface area contributed by atoms with Crippen molar-refractivity contribution >= 4 is 23.0 Å². The zero-order valence-corrected chi connectivity index (χ0v) is 14.3. The normalized spacial score (nSPS) is 10.7. The summed E-state index contributed by atoms with van der Waals surface area (Å²) in [5.74, 6) is 1.07. The second-order valence-electron chi connectivity index (χ2n) is 5.84. The second-order valence-corrected chi connectivity index (χ2v) is 5.84. The van der Waals surface area contributed by atoms with E-state index in [2.05, 4.69) is 29.1 Å². The molecule has 0 spiro atoms. The van der Waals surface area contributed by atoms with Crippen LogP contribution in [0.2, 0.25) is 0 Å². The summed E-state index contributed by atoms with van der Waals surface area (Å²) >= 11 is 0. The minimum Gasteiger partial charge on any atom is -0.364 e. The molecule has 24 heavy (non-hydrogen) atoms. The van der Waals surface area contributed by atoms with Crippen molar-refractivity contribution in [1.29, 1.82) is 0 Å². The van der Waals surface area contributed by atoms with Gasteiger partial charge in [-0.15, -0.1) is 0 Å². The molecule has 1 aromatic heterocycles. The summed E-state index contributed by atoms with van der Waals surface area (Å²) in [6, 6.07) is 9.51. The largest absolute Gasteiger partial charge is 0.364 e. The zero-order chi connectivity index (χ0) is 17.5. The lowest BCUT2D eigenvalue weighted by molar-refractivity contribution is -0.383. The Labute approximate surface area is 141 Å². The van der Waals surface area contributed by atoms with Crippen LogP contribution in [0.25, 0.3) is 0 Å². The summed E-state index contributed by atoms with van der Waals surface area (Å²) < 4.78 is 0. The SMILES string of the molecule is CCN(c1ccccc1)c1ncnc(NCCC(C)C)c1[N+](=O)[O-]. The van der Waals surface area contributed by atoms with Gasteiger partial charge in [-0.25, -0.2) is 9.97 Å². The van der Waals surface area contributed by atoms with Crippen LogP contribution in [-0.2, 0) is 0 Å². The highest BCUT2D eigenvalue weighted by molar-refractivity contribution is 5.75. The summed E-state index contributed by atoms with van der Waals surface area (Å²) in [7, 11) is 0. The number of hydrogen-bond donors (Lipinski definition) is 1. The number of anilines is 3. The molecule has 0 amide bonds. The van der Waals surface area contributed by atoms with Gasteiger partial charge in [-0.1, -0.05) is 32.0 Å². The van der Waals surface area contributed by atoms with Crippen LogP contribution in [0.5, 0.6) is 0 Å². The maximum Gasteiger partial charge on any atom is 0.353 e. The van der Waals surface area contributed by atoms with Crippen LogP contribution in [0.3, 0.4) is 0 Å². The van der Waals surface area contributed by atoms with Crippen molar-refractivity contribution in [2.45, 2.75) is 27.2 Å². The Morgan fingerprint density at radius 1 is 1.25 bits per heavy atom. The van der Waals surface area contributed by atoms with Gasteiger partial charge in [0.05, 0.1) is 4.92 Å². The maximum absolute atomic E-state index is 11.7. The molecule has 0 aliphatic rings. The number of para-hydroxylation sites is 1. The molecule has 128 valence electrons. The molecule has 7 heteroatoms. The molecule has 0 aliphatic carbocycles. The van der Waals surface area contributed by atoms with Crippen molar-refractivity contribution in [2.75, 3.05) is 23.3 Å². The van der Waals surface area contributed by atoms with Crippen LogP contribution in [0.15, 0.2) is 36.7 Å². The molecule has 0 atom stereocenters. The molecule has 1 aromatic carbocycles. The molecular weight excluding hydrogens is 306 g/mol. The number of nitrogens with one attached hydrogen (secondary N) is 1. The summed E-state index contributed by atoms with van der Waals surface area (Å²) in [5.41, 5.74) is 0.766. The molecule has 0 radical (unpaired) electrons. The average molecular weight is 329 g/mol. The van der Waals surface area contributed by atoms with Crippen LogP contribution < -0.4 is 10.2 Å². The van der Waals surface area contributed by atoms with E-state index in [1.807, 2.05) is 42.2 Å². The lowest BCUT2D eigenvalue weighted by Crippen LogP contribution is -2.20. The van der Waals surface area contributed by atoms with E-state index in [-0.39, 0.29) is 11.5 Å². The molecule has 0 saturated carbocycles. The number of rotatable bonds is 8. The minimum atomic E-state index is -0.418. The van der Waals surface area contributed by atoms with Crippen LogP contribution in [-0.4, -0.2) is 28.0 Å². The molecule has 0 saturated heterocycles. The highest BCUT2D eigenvalue weighted by atomic mass is 16.6. The summed E-state index contributed by atoms with van der Waals surface area (Å²) in [5, 5.41) is 14.7. The Morgan fingerprint density at radius 2 is 1.96 bits per heavy atom. The second kappa shape index (κ2) is 8.24. The fourth-order valence-electron chi connectivity index (χ4n) is 2.41. The smallest absolute Gasteiger partial charge is 0.353 e. The average Bonchev–Trinajstić information content (AvgIpc) is 2.56. The van der Waals surface area contributed by atoms with E-state index in [0.29, 0.717) is 24.8 Å². The lowest BCUT2D eigenvalue weighted by Gasteiger charge is -2.22. The first-order valence-corrected chi connectivity index (χ1v) is 8.10. The number of aromatic nitrogens is 2. The van der Waals surface area contributed by atoms with Gasteiger partial charge >= 0.3 is 5.69 Å². The third-order valence-corrected chi connectivity index (χ3v) is 3.64. The predicted octanol–water partition coefficient (Wildman–Crippen LogP) is 4.00. The van der Waals surface area contributed by atoms with Crippen molar-refractivity contribution in [3.63, 3.8) is 0 Å². The van der Waals surface area contributed by atoms with Crippen molar-refractivity contribution in [2.24, 2.45) is 5.92 Å². The molecule has 1 heterocycles. The van der Waals surface area contributed by atoms with Gasteiger partial charge < -0.3 is 10.2 Å². The van der Waals surface area contributed by atoms with E-state index < -0.39 is 4.92 Å². The van der Waals surface area contributed by atoms with Crippen LogP contribution in [0.4, 0.5) is 23.0 Å². The Kier molecular flexibility index (Phi) is 6.06. The molecule has 2 aromatic rings. The molecular formula is C17H23N5O2. The standard InChI is InChI=1S/C17H23N5O2/c1-4-21(14-8-6-5-7-9-14)17-15(22(23)24)16(19-12-20-17)18-11-10-13(2)3/h5-9,12-13H,4,10-11H2,1-3H3,(H,18,19,20). The van der Waals surface area contributed by atoms with Crippen LogP contribution in [0, 0.1) is 16.0 Å². The van der Waals surface area contributed by atoms with E-state index in [4.69, 9.17) is 0 Å². The maximum atomic E-state index is 11.7. The Bertz CT molecular complexity index is 676. The number of benzene rings is 1. The molecule has 1 N–H and O–H groups in total. The third-order valence-electron chi connectivity index (χ3n) is 3.64.